The van der Waals surface area contributed by atoms with E-state index >= 15 is 13.6 Å². The summed E-state index contributed by atoms with van der Waals surface area (Å²) in [6.45, 7) is 12.5. The Morgan fingerprint density at radius 3 is 2.38 bits per heavy atom. The van der Waals surface area contributed by atoms with E-state index in [2.05, 4.69) is 54.2 Å². The molecule has 1 amide bonds. The summed E-state index contributed by atoms with van der Waals surface area (Å²) in [5.74, 6) is -0.925. The largest absolute Gasteiger partial charge is 0.438 e. The number of hydrogen-bond acceptors (Lipinski definition) is 8. The highest BCUT2D eigenvalue weighted by atomic mass is 19.1. The molecule has 2 fully saturated rings. The van der Waals surface area contributed by atoms with E-state index in [0.717, 1.165) is 29.3 Å². The molecule has 15 nitrogen and oxygen atoms in total. The second-order valence-electron chi connectivity index (χ2n) is 18.8. The van der Waals surface area contributed by atoms with Gasteiger partial charge in [0.15, 0.2) is 11.6 Å². The minimum atomic E-state index is -0.857. The Kier molecular flexibility index (Phi) is 9.00. The van der Waals surface area contributed by atoms with Crippen LogP contribution in [0.15, 0.2) is 81.2 Å². The SMILES string of the molecule is Cc1cc(-n2nc3c(c2-n2ccn(-c4ccc5c(cnn5C)c4F)c2=O)[C@H](C)N(C(=O)c2cc4cc([C@H]5CCOC(C)(C)C5)ccc4n2[C@]2(c4noc(=O)[nH]4)C[C@H]2C)CC3)cc(C)c1F. The van der Waals surface area contributed by atoms with E-state index in [0.29, 0.717) is 76.9 Å². The van der Waals surface area contributed by atoms with Crippen molar-refractivity contribution < 1.29 is 22.8 Å². The van der Waals surface area contributed by atoms with Crippen LogP contribution in [0.5, 0.6) is 0 Å². The zero-order chi connectivity index (χ0) is 45.4. The topological polar surface area (TPSA) is 156 Å². The van der Waals surface area contributed by atoms with Crippen molar-refractivity contribution in [2.45, 2.75) is 90.3 Å². The van der Waals surface area contributed by atoms with Gasteiger partial charge >= 0.3 is 11.4 Å². The molecule has 1 N–H and O–H groups in total. The monoisotopic (exact) mass is 882 g/mol. The minimum Gasteiger partial charge on any atom is -0.376 e. The number of carbonyl (C=O) groups is 1. The molecule has 65 heavy (non-hydrogen) atoms. The maximum atomic E-state index is 16.1. The van der Waals surface area contributed by atoms with Crippen LogP contribution < -0.4 is 11.4 Å². The molecule has 0 spiro atoms. The third-order valence-electron chi connectivity index (χ3n) is 14.2. The summed E-state index contributed by atoms with van der Waals surface area (Å²) in [6, 6.07) is 14.3. The molecule has 1 aliphatic carbocycles. The van der Waals surface area contributed by atoms with E-state index in [-0.39, 0.29) is 40.2 Å². The van der Waals surface area contributed by atoms with Crippen LogP contribution in [0.4, 0.5) is 8.78 Å². The lowest BCUT2D eigenvalue weighted by Gasteiger charge is -2.35. The molecule has 5 aromatic heterocycles. The molecule has 7 heterocycles. The molecule has 2 aliphatic heterocycles. The molecule has 4 atom stereocenters. The van der Waals surface area contributed by atoms with Crippen LogP contribution in [-0.2, 0) is 23.7 Å². The van der Waals surface area contributed by atoms with Crippen LogP contribution in [0.3, 0.4) is 0 Å². The molecule has 0 unspecified atom stereocenters. The predicted octanol–water partition coefficient (Wildman–Crippen LogP) is 7.44. The average Bonchev–Trinajstić information content (AvgIpc) is 3.90. The number of H-pyrrole nitrogens is 1. The van der Waals surface area contributed by atoms with Crippen molar-refractivity contribution in [3.05, 3.63) is 139 Å². The highest BCUT2D eigenvalue weighted by Gasteiger charge is 2.59. The standard InChI is InChI=1S/C48H48F2N10O5/c1-25-18-32(19-26(2)40(25)49)60-42(58-16-15-57(46(58)63)37-11-10-36-33(41(37)50)24-51-55(36)7)39-28(4)56(14-12-34(39)53-60)43(61)38-21-31-20-29(30-13-17-64-47(5,6)23-30)8-9-35(31)59(38)48(22-27(48)3)44-52-45(62)65-54-44/h8-11,15-16,18-21,24,27-28,30H,12-14,17,22-23H2,1-7H3,(H,52,54,62)/t27-,28+,30+,48-/m1/s1. The van der Waals surface area contributed by atoms with Gasteiger partial charge in [0.2, 0.25) is 0 Å². The third kappa shape index (κ3) is 6.14. The molecule has 1 saturated carbocycles. The van der Waals surface area contributed by atoms with Crippen LogP contribution >= 0.6 is 0 Å². The molecular weight excluding hydrogens is 835 g/mol. The van der Waals surface area contributed by atoms with Gasteiger partial charge < -0.3 is 14.2 Å². The number of aromatic nitrogens is 9. The van der Waals surface area contributed by atoms with Crippen molar-refractivity contribution in [1.29, 1.82) is 0 Å². The first-order valence-corrected chi connectivity index (χ1v) is 22.0. The number of nitrogens with one attached hydrogen (secondary N) is 1. The number of aromatic amines is 1. The van der Waals surface area contributed by atoms with Crippen molar-refractivity contribution in [1.82, 2.24) is 48.3 Å². The minimum absolute atomic E-state index is 0.00109. The molecule has 17 heteroatoms. The molecule has 11 rings (SSSR count). The van der Waals surface area contributed by atoms with Gasteiger partial charge in [-0.15, -0.1) is 0 Å². The predicted molar refractivity (Wildman–Crippen MR) is 237 cm³/mol. The maximum absolute atomic E-state index is 16.1. The van der Waals surface area contributed by atoms with E-state index in [9.17, 15) is 9.59 Å². The van der Waals surface area contributed by atoms with E-state index in [1.807, 2.05) is 17.6 Å². The number of halogens is 2. The van der Waals surface area contributed by atoms with Gasteiger partial charge in [-0.05, 0) is 125 Å². The molecule has 3 aliphatic rings. The Morgan fingerprint density at radius 1 is 0.938 bits per heavy atom. The fraction of sp³-hybridized carbons (Fsp3) is 0.375. The molecule has 0 radical (unpaired) electrons. The number of amides is 1. The maximum Gasteiger partial charge on any atom is 0.438 e. The smallest absolute Gasteiger partial charge is 0.376 e. The number of aryl methyl sites for hydroxylation is 3. The van der Waals surface area contributed by atoms with Crippen LogP contribution in [0.2, 0.25) is 0 Å². The normalized spacial score (nSPS) is 21.7. The van der Waals surface area contributed by atoms with Gasteiger partial charge in [-0.2, -0.15) is 10.2 Å². The van der Waals surface area contributed by atoms with Gasteiger partial charge in [-0.3, -0.25) is 28.1 Å². The summed E-state index contributed by atoms with van der Waals surface area (Å²) in [4.78, 5) is 47.2. The lowest BCUT2D eigenvalue weighted by Crippen LogP contribution is -2.41. The first-order valence-electron chi connectivity index (χ1n) is 22.0. The number of fused-ring (bicyclic) bond motifs is 3. The molecule has 334 valence electrons. The van der Waals surface area contributed by atoms with Gasteiger partial charge in [-0.1, -0.05) is 18.1 Å². The van der Waals surface area contributed by atoms with E-state index < -0.39 is 28.8 Å². The molecular formula is C48H48F2N10O5. The second kappa shape index (κ2) is 14.3. The quantitative estimate of drug-likeness (QED) is 0.173. The van der Waals surface area contributed by atoms with E-state index in [1.165, 1.54) is 21.5 Å². The van der Waals surface area contributed by atoms with Crippen molar-refractivity contribution in [2.24, 2.45) is 13.0 Å². The van der Waals surface area contributed by atoms with Crippen molar-refractivity contribution in [3.63, 3.8) is 0 Å². The number of benzene rings is 3. The Morgan fingerprint density at radius 2 is 1.68 bits per heavy atom. The zero-order valence-electron chi connectivity index (χ0n) is 37.1. The number of nitrogens with zero attached hydrogens (tertiary/aromatic N) is 9. The van der Waals surface area contributed by atoms with Gasteiger partial charge in [0.1, 0.15) is 22.9 Å². The zero-order valence-corrected chi connectivity index (χ0v) is 37.1. The Bertz CT molecular complexity index is 3380. The van der Waals surface area contributed by atoms with Gasteiger partial charge in [0.05, 0.1) is 45.8 Å². The second-order valence-corrected chi connectivity index (χ2v) is 18.8. The van der Waals surface area contributed by atoms with E-state index in [1.54, 1.807) is 65.6 Å². The molecule has 3 aromatic carbocycles. The van der Waals surface area contributed by atoms with Crippen LogP contribution in [-0.4, -0.2) is 73.0 Å². The summed E-state index contributed by atoms with van der Waals surface area (Å²) in [6.07, 6.45) is 7.17. The molecule has 8 aromatic rings. The van der Waals surface area contributed by atoms with Crippen molar-refractivity contribution >= 4 is 27.7 Å². The third-order valence-corrected chi connectivity index (χ3v) is 14.2. The first-order chi connectivity index (χ1) is 31.1. The molecule has 0 bridgehead atoms. The summed E-state index contributed by atoms with van der Waals surface area (Å²) in [5.41, 5.74) is 3.92. The fourth-order valence-electron chi connectivity index (χ4n) is 10.8. The van der Waals surface area contributed by atoms with Gasteiger partial charge in [-0.25, -0.2) is 23.1 Å². The Labute approximate surface area is 370 Å². The summed E-state index contributed by atoms with van der Waals surface area (Å²) >= 11 is 0. The van der Waals surface area contributed by atoms with Crippen molar-refractivity contribution in [3.8, 4) is 17.2 Å². The summed E-state index contributed by atoms with van der Waals surface area (Å²) < 4.78 is 50.2. The highest BCUT2D eigenvalue weighted by Crippen LogP contribution is 2.56. The number of ether oxygens (including phenoxy) is 1. The van der Waals surface area contributed by atoms with Crippen LogP contribution in [0, 0.1) is 31.4 Å². The lowest BCUT2D eigenvalue weighted by atomic mass is 9.83. The Hall–Kier alpha value is -6.88. The highest BCUT2D eigenvalue weighted by molar-refractivity contribution is 6.00. The Balaban J connectivity index is 1.06. The van der Waals surface area contributed by atoms with Crippen molar-refractivity contribution in [2.75, 3.05) is 13.2 Å². The number of rotatable bonds is 7. The van der Waals surface area contributed by atoms with Crippen LogP contribution in [0.1, 0.15) is 103 Å². The van der Waals surface area contributed by atoms with Gasteiger partial charge in [0.25, 0.3) is 5.91 Å². The van der Waals surface area contributed by atoms with E-state index in [4.69, 9.17) is 14.4 Å². The number of carbonyl (C=O) groups excluding carboxylic acids is 1. The fourth-order valence-corrected chi connectivity index (χ4v) is 10.8. The van der Waals surface area contributed by atoms with Gasteiger partial charge in [0, 0.05) is 55.5 Å². The summed E-state index contributed by atoms with van der Waals surface area (Å²) in [5, 5.41) is 14.6. The van der Waals surface area contributed by atoms with Crippen LogP contribution in [0.25, 0.3) is 39.0 Å². The lowest BCUT2D eigenvalue weighted by molar-refractivity contribution is -0.0592. The average molecular weight is 883 g/mol. The first kappa shape index (κ1) is 40.9. The molecule has 1 saturated heterocycles. The summed E-state index contributed by atoms with van der Waals surface area (Å²) in [7, 11) is 1.72. The number of hydrogen-bond donors (Lipinski definition) is 1. The number of imidazole rings is 1.